The summed E-state index contributed by atoms with van der Waals surface area (Å²) in [7, 11) is 0.835. The smallest absolute Gasteiger partial charge is 0.132 e. The Balaban J connectivity index is 1.67. The predicted octanol–water partition coefficient (Wildman–Crippen LogP) is 4.37. The molecule has 0 radical (unpaired) electrons. The second-order valence-corrected chi connectivity index (χ2v) is 12.6. The van der Waals surface area contributed by atoms with E-state index in [9.17, 15) is 0 Å². The monoisotopic (exact) mass is 411 g/mol. The minimum atomic E-state index is -1.50. The van der Waals surface area contributed by atoms with Crippen molar-refractivity contribution in [3.63, 3.8) is 0 Å². The van der Waals surface area contributed by atoms with Gasteiger partial charge in [0.05, 0.1) is 0 Å². The van der Waals surface area contributed by atoms with E-state index >= 15 is 0 Å². The van der Waals surface area contributed by atoms with E-state index in [4.69, 9.17) is 0 Å². The molecule has 1 fully saturated rings. The van der Waals surface area contributed by atoms with E-state index in [-0.39, 0.29) is 11.0 Å². The van der Waals surface area contributed by atoms with Gasteiger partial charge in [-0.1, -0.05) is 115 Å². The topological polar surface area (TPSA) is 3.24 Å². The maximum atomic E-state index is 2.61. The third-order valence-electron chi connectivity index (χ3n) is 8.34. The van der Waals surface area contributed by atoms with E-state index in [1.807, 2.05) is 0 Å². The highest BCUT2D eigenvalue weighted by atomic mass is 28.3. The van der Waals surface area contributed by atoms with Crippen LogP contribution in [0.1, 0.15) is 51.5 Å². The van der Waals surface area contributed by atoms with Gasteiger partial charge in [0, 0.05) is 23.7 Å². The van der Waals surface area contributed by atoms with Gasteiger partial charge < -0.3 is 4.90 Å². The Morgan fingerprint density at radius 3 is 1.93 bits per heavy atom. The molecule has 2 unspecified atom stereocenters. The summed E-state index contributed by atoms with van der Waals surface area (Å²) < 4.78 is 0. The third-order valence-corrected chi connectivity index (χ3v) is 11.5. The average Bonchev–Trinajstić information content (AvgIpc) is 2.88. The molecule has 2 atom stereocenters. The first-order chi connectivity index (χ1) is 14.5. The molecule has 0 N–H and O–H groups in total. The van der Waals surface area contributed by atoms with Crippen molar-refractivity contribution in [3.8, 4) is 0 Å². The molecule has 0 saturated heterocycles. The Morgan fingerprint density at radius 2 is 1.30 bits per heavy atom. The number of rotatable bonds is 3. The number of likely N-dealkylation sites (N-methyl/N-ethyl adjacent to an activating group) is 1. The highest BCUT2D eigenvalue weighted by molar-refractivity contribution is 6.95. The molecule has 5 rings (SSSR count). The lowest BCUT2D eigenvalue weighted by atomic mass is 9.67. The Bertz CT molecular complexity index is 992. The van der Waals surface area contributed by atoms with Gasteiger partial charge in [0.2, 0.25) is 0 Å². The summed E-state index contributed by atoms with van der Waals surface area (Å²) in [6.45, 7) is 5.06. The molecule has 0 amide bonds. The standard InChI is InChI=1S/C28H33NSi/c1-27-19-11-6-12-20-28(27,2)29(3)26-18-17-24(21-25(26)27)30(22-13-7-4-8-14-22)23-15-9-5-10-16-23/h4-5,7-10,13-18,21,30H,6,11-12,19-20H2,1-3H3. The van der Waals surface area contributed by atoms with Crippen LogP contribution in [-0.2, 0) is 5.41 Å². The van der Waals surface area contributed by atoms with Crippen molar-refractivity contribution in [3.05, 3.63) is 84.4 Å². The molecule has 0 bridgehead atoms. The molecule has 0 aromatic heterocycles. The largest absolute Gasteiger partial charge is 0.368 e. The van der Waals surface area contributed by atoms with Crippen LogP contribution in [0.5, 0.6) is 0 Å². The number of fused-ring (bicyclic) bond motifs is 3. The quantitative estimate of drug-likeness (QED) is 0.457. The van der Waals surface area contributed by atoms with Crippen molar-refractivity contribution >= 4 is 30.0 Å². The van der Waals surface area contributed by atoms with Crippen molar-refractivity contribution in [1.82, 2.24) is 0 Å². The first-order valence-corrected chi connectivity index (χ1v) is 13.3. The van der Waals surface area contributed by atoms with E-state index in [1.165, 1.54) is 48.2 Å². The minimum absolute atomic E-state index is 0.223. The summed E-state index contributed by atoms with van der Waals surface area (Å²) in [5.74, 6) is 0. The number of anilines is 1. The van der Waals surface area contributed by atoms with Crippen LogP contribution in [0.4, 0.5) is 5.69 Å². The van der Waals surface area contributed by atoms with Crippen molar-refractivity contribution in [2.45, 2.75) is 56.9 Å². The Kier molecular flexibility index (Phi) is 4.86. The van der Waals surface area contributed by atoms with Crippen LogP contribution in [-0.4, -0.2) is 21.4 Å². The lowest BCUT2D eigenvalue weighted by Gasteiger charge is -2.45. The predicted molar refractivity (Wildman–Crippen MR) is 133 cm³/mol. The zero-order valence-electron chi connectivity index (χ0n) is 18.6. The second-order valence-electron chi connectivity index (χ2n) is 9.76. The number of benzene rings is 3. The van der Waals surface area contributed by atoms with Crippen LogP contribution in [0.25, 0.3) is 0 Å². The lowest BCUT2D eigenvalue weighted by molar-refractivity contribution is 0.254. The molecule has 0 spiro atoms. The van der Waals surface area contributed by atoms with Gasteiger partial charge >= 0.3 is 0 Å². The van der Waals surface area contributed by atoms with E-state index in [0.717, 1.165) is 0 Å². The maximum absolute atomic E-state index is 2.61. The zero-order valence-corrected chi connectivity index (χ0v) is 19.7. The molecule has 1 heterocycles. The number of hydrogen-bond donors (Lipinski definition) is 0. The average molecular weight is 412 g/mol. The summed E-state index contributed by atoms with van der Waals surface area (Å²) >= 11 is 0. The Hall–Kier alpha value is -2.32. The first kappa shape index (κ1) is 19.6. The third kappa shape index (κ3) is 2.88. The van der Waals surface area contributed by atoms with Gasteiger partial charge in [0.1, 0.15) is 8.80 Å². The molecular weight excluding hydrogens is 378 g/mol. The summed E-state index contributed by atoms with van der Waals surface area (Å²) in [4.78, 5) is 2.61. The maximum Gasteiger partial charge on any atom is 0.132 e. The molecule has 1 nitrogen and oxygen atoms in total. The van der Waals surface area contributed by atoms with Crippen LogP contribution in [0.3, 0.4) is 0 Å². The Morgan fingerprint density at radius 1 is 0.700 bits per heavy atom. The molecule has 3 aromatic carbocycles. The molecule has 1 aliphatic carbocycles. The second kappa shape index (κ2) is 7.42. The fraction of sp³-hybridized carbons (Fsp3) is 0.357. The number of nitrogens with zero attached hydrogens (tertiary/aromatic N) is 1. The van der Waals surface area contributed by atoms with Crippen molar-refractivity contribution in [1.29, 1.82) is 0 Å². The summed E-state index contributed by atoms with van der Waals surface area (Å²) in [6.07, 6.45) is 6.67. The summed E-state index contributed by atoms with van der Waals surface area (Å²) in [6, 6.07) is 29.9. The fourth-order valence-electron chi connectivity index (χ4n) is 6.23. The van der Waals surface area contributed by atoms with Crippen LogP contribution < -0.4 is 20.5 Å². The van der Waals surface area contributed by atoms with E-state index in [0.29, 0.717) is 0 Å². The van der Waals surface area contributed by atoms with Crippen LogP contribution in [0, 0.1) is 0 Å². The molecule has 1 aliphatic heterocycles. The van der Waals surface area contributed by atoms with E-state index in [2.05, 4.69) is 105 Å². The highest BCUT2D eigenvalue weighted by Crippen LogP contribution is 2.56. The molecule has 30 heavy (non-hydrogen) atoms. The van der Waals surface area contributed by atoms with Crippen molar-refractivity contribution < 1.29 is 0 Å². The SMILES string of the molecule is CN1c2ccc([SiH](c3ccccc3)c3ccccc3)cc2C2(C)CCCCCC12C. The van der Waals surface area contributed by atoms with Crippen LogP contribution in [0.15, 0.2) is 78.9 Å². The molecule has 3 aromatic rings. The lowest BCUT2D eigenvalue weighted by Crippen LogP contribution is -2.53. The summed E-state index contributed by atoms with van der Waals surface area (Å²) in [5, 5.41) is 4.56. The van der Waals surface area contributed by atoms with Crippen LogP contribution >= 0.6 is 0 Å². The minimum Gasteiger partial charge on any atom is -0.368 e. The van der Waals surface area contributed by atoms with Gasteiger partial charge in [0.25, 0.3) is 0 Å². The summed E-state index contributed by atoms with van der Waals surface area (Å²) in [5.41, 5.74) is 3.51. The Labute approximate surface area is 183 Å². The molecular formula is C28H33NSi. The van der Waals surface area contributed by atoms with Gasteiger partial charge in [-0.2, -0.15) is 0 Å². The van der Waals surface area contributed by atoms with Gasteiger partial charge in [-0.25, -0.2) is 0 Å². The van der Waals surface area contributed by atoms with Gasteiger partial charge in [-0.15, -0.1) is 0 Å². The van der Waals surface area contributed by atoms with Crippen molar-refractivity contribution in [2.75, 3.05) is 11.9 Å². The molecule has 2 heteroatoms. The van der Waals surface area contributed by atoms with Gasteiger partial charge in [-0.05, 0) is 31.4 Å². The first-order valence-electron chi connectivity index (χ1n) is 11.5. The molecule has 2 aliphatic rings. The molecule has 154 valence electrons. The van der Waals surface area contributed by atoms with Crippen molar-refractivity contribution in [2.24, 2.45) is 0 Å². The fourth-order valence-corrected chi connectivity index (χ4v) is 9.23. The molecule has 1 saturated carbocycles. The van der Waals surface area contributed by atoms with Crippen LogP contribution in [0.2, 0.25) is 0 Å². The van der Waals surface area contributed by atoms with Gasteiger partial charge in [0.15, 0.2) is 0 Å². The normalized spacial score (nSPS) is 25.7. The zero-order chi connectivity index (χ0) is 20.8. The van der Waals surface area contributed by atoms with E-state index in [1.54, 1.807) is 10.8 Å². The van der Waals surface area contributed by atoms with Gasteiger partial charge in [-0.3, -0.25) is 0 Å². The number of hydrogen-bond acceptors (Lipinski definition) is 1. The highest BCUT2D eigenvalue weighted by Gasteiger charge is 2.55. The van der Waals surface area contributed by atoms with E-state index < -0.39 is 8.80 Å².